The van der Waals surface area contributed by atoms with E-state index in [1.807, 2.05) is 0 Å². The molecule has 1 heterocycles. The van der Waals surface area contributed by atoms with Gasteiger partial charge < -0.3 is 0 Å². The number of rotatable bonds is 9. The lowest BCUT2D eigenvalue weighted by Gasteiger charge is -2.23. The van der Waals surface area contributed by atoms with Crippen molar-refractivity contribution < 1.29 is 65.9 Å². The van der Waals surface area contributed by atoms with Gasteiger partial charge in [0.15, 0.2) is 81.4 Å². The maximum Gasteiger partial charge on any atom is 0.258 e. The average Bonchev–Trinajstić information content (AvgIpc) is 3.40. The fourth-order valence-corrected chi connectivity index (χ4v) is 10.6. The third-order valence-corrected chi connectivity index (χ3v) is 12.2. The molecule has 54 heavy (non-hydrogen) atoms. The highest BCUT2D eigenvalue weighted by atomic mass is 31.1. The summed E-state index contributed by atoms with van der Waals surface area (Å²) in [5.41, 5.74) is -7.02. The van der Waals surface area contributed by atoms with Crippen LogP contribution in [0.3, 0.4) is 0 Å². The standard InChI is InChI=1S/C37H25BF15P/c1-6-8-15-17(18-22(39)28(45)34(51)29(46)23(18)40)19(16(9-7-2)54(15)37-13(4)10-12(3)11-14(37)5)38(20-24(41)30(47)35(52)31(48)25(20)42)21-26(43)32(49)36(53)33(50)27(21)44/h10-11H,6-9H2,1-5H3. The van der Waals surface area contributed by atoms with E-state index in [0.717, 1.165) is 0 Å². The van der Waals surface area contributed by atoms with E-state index in [9.17, 15) is 13.2 Å². The van der Waals surface area contributed by atoms with Gasteiger partial charge in [-0.2, -0.15) is 0 Å². The van der Waals surface area contributed by atoms with Crippen LogP contribution < -0.4 is 16.4 Å². The summed E-state index contributed by atoms with van der Waals surface area (Å²) in [6.45, 7) is 4.43. The van der Waals surface area contributed by atoms with E-state index in [-0.39, 0.29) is 29.9 Å². The Balaban J connectivity index is 2.26. The molecule has 0 saturated heterocycles. The number of benzene rings is 4. The van der Waals surface area contributed by atoms with Crippen molar-refractivity contribution in [2.75, 3.05) is 0 Å². The number of hydrogen-bond donors (Lipinski definition) is 0. The van der Waals surface area contributed by atoms with Crippen LogP contribution in [-0.2, 0) is 12.8 Å². The maximum atomic E-state index is 16.0. The molecular weight excluding hydrogens is 771 g/mol. The molecule has 0 aliphatic heterocycles. The Kier molecular flexibility index (Phi) is 11.4. The van der Waals surface area contributed by atoms with Crippen molar-refractivity contribution in [3.05, 3.63) is 127 Å². The second-order valence-electron chi connectivity index (χ2n) is 12.6. The molecule has 1 unspecified atom stereocenters. The summed E-state index contributed by atoms with van der Waals surface area (Å²) >= 11 is 0. The first kappa shape index (κ1) is 40.9. The van der Waals surface area contributed by atoms with Crippen molar-refractivity contribution in [2.45, 2.75) is 60.3 Å². The molecule has 5 rings (SSSR count). The smallest absolute Gasteiger partial charge is 0.204 e. The Labute approximate surface area is 299 Å². The number of hydrogen-bond acceptors (Lipinski definition) is 0. The molecule has 0 saturated carbocycles. The molecule has 0 aliphatic carbocycles. The number of aryl methyl sites for hydroxylation is 3. The zero-order chi connectivity index (χ0) is 40.4. The summed E-state index contributed by atoms with van der Waals surface area (Å²) in [4.78, 5) is 0. The van der Waals surface area contributed by atoms with Crippen LogP contribution >= 0.6 is 7.53 Å². The number of halogens is 15. The highest BCUT2D eigenvalue weighted by Gasteiger charge is 2.46. The molecule has 0 spiro atoms. The monoisotopic (exact) mass is 796 g/mol. The van der Waals surface area contributed by atoms with Crippen molar-refractivity contribution in [1.29, 1.82) is 0 Å². The summed E-state index contributed by atoms with van der Waals surface area (Å²) in [5.74, 6) is -40.8. The normalized spacial score (nSPS) is 12.0. The average molecular weight is 796 g/mol. The predicted octanol–water partition coefficient (Wildman–Crippen LogP) is 10.8. The fourth-order valence-electron chi connectivity index (χ4n) is 7.04. The fraction of sp³-hybridized carbons (Fsp3) is 0.243. The van der Waals surface area contributed by atoms with E-state index >= 15 is 52.7 Å². The van der Waals surface area contributed by atoms with Crippen molar-refractivity contribution in [3.8, 4) is 16.4 Å². The Morgan fingerprint density at radius 2 is 0.722 bits per heavy atom. The molecule has 0 bridgehead atoms. The lowest BCUT2D eigenvalue weighted by atomic mass is 9.35. The van der Waals surface area contributed by atoms with Crippen LogP contribution in [0.1, 0.15) is 54.0 Å². The van der Waals surface area contributed by atoms with Crippen LogP contribution in [-0.4, -0.2) is 6.71 Å². The van der Waals surface area contributed by atoms with Crippen molar-refractivity contribution in [2.24, 2.45) is 0 Å². The van der Waals surface area contributed by atoms with Gasteiger partial charge in [-0.05, 0) is 60.9 Å². The van der Waals surface area contributed by atoms with Gasteiger partial charge in [-0.3, -0.25) is 0 Å². The quantitative estimate of drug-likeness (QED) is 0.0603. The van der Waals surface area contributed by atoms with Gasteiger partial charge in [0, 0.05) is 16.2 Å². The molecular formula is C37H25BF15P. The third-order valence-electron chi connectivity index (χ3n) is 9.05. The first-order valence-corrected chi connectivity index (χ1v) is 17.5. The maximum absolute atomic E-state index is 16.0. The largest absolute Gasteiger partial charge is 0.258 e. The van der Waals surface area contributed by atoms with Gasteiger partial charge in [-0.15, -0.1) is 0 Å². The van der Waals surface area contributed by atoms with Crippen molar-refractivity contribution in [3.63, 3.8) is 0 Å². The lowest BCUT2D eigenvalue weighted by Crippen LogP contribution is -2.59. The molecule has 286 valence electrons. The van der Waals surface area contributed by atoms with Gasteiger partial charge >= 0.3 is 0 Å². The van der Waals surface area contributed by atoms with Crippen LogP contribution in [0.2, 0.25) is 0 Å². The second-order valence-corrected chi connectivity index (χ2v) is 14.8. The third kappa shape index (κ3) is 6.18. The van der Waals surface area contributed by atoms with Gasteiger partial charge in [0.2, 0.25) is 5.82 Å². The predicted molar refractivity (Wildman–Crippen MR) is 175 cm³/mol. The first-order valence-electron chi connectivity index (χ1n) is 16.1. The molecule has 0 nitrogen and oxygen atoms in total. The van der Waals surface area contributed by atoms with E-state index < -0.39 is 135 Å². The zero-order valence-electron chi connectivity index (χ0n) is 28.7. The van der Waals surface area contributed by atoms with Gasteiger partial charge in [-0.25, -0.2) is 65.9 Å². The molecule has 1 atom stereocenters. The minimum atomic E-state index is -3.34. The van der Waals surface area contributed by atoms with E-state index in [1.165, 1.54) is 13.8 Å². The minimum absolute atomic E-state index is 0.000570. The van der Waals surface area contributed by atoms with Crippen LogP contribution in [0, 0.1) is 108 Å². The molecule has 0 radical (unpaired) electrons. The van der Waals surface area contributed by atoms with E-state index in [2.05, 4.69) is 0 Å². The molecule has 0 aliphatic rings. The van der Waals surface area contributed by atoms with Crippen LogP contribution in [0.25, 0.3) is 16.4 Å². The van der Waals surface area contributed by atoms with Gasteiger partial charge in [0.25, 0.3) is 6.71 Å². The van der Waals surface area contributed by atoms with Gasteiger partial charge in [-0.1, -0.05) is 57.4 Å². The van der Waals surface area contributed by atoms with Crippen LogP contribution in [0.15, 0.2) is 12.1 Å². The lowest BCUT2D eigenvalue weighted by molar-refractivity contribution is 0.381. The Bertz CT molecular complexity index is 2190. The Morgan fingerprint density at radius 1 is 0.407 bits per heavy atom. The molecule has 4 aromatic carbocycles. The van der Waals surface area contributed by atoms with Gasteiger partial charge in [0.1, 0.15) is 0 Å². The van der Waals surface area contributed by atoms with Crippen LogP contribution in [0.4, 0.5) is 65.9 Å². The second kappa shape index (κ2) is 15.1. The SMILES string of the molecule is CCCc1c(B(c2c(F)c(F)c(F)c(F)c2F)c2c(F)c(F)c(F)c(F)c2F)c(-c2c(F)c(F)c(F)c(F)c2F)c(CCC)p1-c1c(C)cc(C)cc1C. The van der Waals surface area contributed by atoms with E-state index in [0.29, 0.717) is 22.0 Å². The van der Waals surface area contributed by atoms with Gasteiger partial charge in [0.05, 0.1) is 5.56 Å². The Morgan fingerprint density at radius 3 is 1.07 bits per heavy atom. The van der Waals surface area contributed by atoms with Crippen molar-refractivity contribution in [1.82, 2.24) is 0 Å². The molecule has 0 N–H and O–H groups in total. The van der Waals surface area contributed by atoms with Crippen LogP contribution in [0.5, 0.6) is 0 Å². The highest BCUT2D eigenvalue weighted by molar-refractivity contribution is 7.60. The zero-order valence-corrected chi connectivity index (χ0v) is 29.6. The summed E-state index contributed by atoms with van der Waals surface area (Å²) in [6.07, 6.45) is -0.794. The summed E-state index contributed by atoms with van der Waals surface area (Å²) in [6, 6.07) is 3.25. The minimum Gasteiger partial charge on any atom is -0.204 e. The Hall–Kier alpha value is -4.33. The molecule has 0 fully saturated rings. The molecule has 5 aromatic rings. The summed E-state index contributed by atoms with van der Waals surface area (Å²) < 4.78 is 229. The topological polar surface area (TPSA) is 0 Å². The molecule has 0 amide bonds. The highest BCUT2D eigenvalue weighted by Crippen LogP contribution is 2.56. The van der Waals surface area contributed by atoms with E-state index in [1.54, 1.807) is 32.9 Å². The summed E-state index contributed by atoms with van der Waals surface area (Å²) in [5, 5.41) is -0.211. The van der Waals surface area contributed by atoms with E-state index in [4.69, 9.17) is 0 Å². The summed E-state index contributed by atoms with van der Waals surface area (Å²) in [7, 11) is -2.41. The first-order chi connectivity index (χ1) is 25.3. The molecule has 17 heteroatoms. The van der Waals surface area contributed by atoms with Crippen molar-refractivity contribution >= 4 is 30.6 Å². The molecule has 1 aromatic heterocycles.